The van der Waals surface area contributed by atoms with E-state index in [4.69, 9.17) is 10.3 Å². The Morgan fingerprint density at radius 2 is 2.35 bits per heavy atom. The van der Waals surface area contributed by atoms with Gasteiger partial charge in [-0.2, -0.15) is 23.8 Å². The topological polar surface area (TPSA) is 58.0 Å². The Hall–Kier alpha value is -1.09. The summed E-state index contributed by atoms with van der Waals surface area (Å²) in [4.78, 5) is 2.80. The number of hydrogen-bond donors (Lipinski definition) is 0. The number of ether oxygens (including phenoxy) is 1. The fourth-order valence-corrected chi connectivity index (χ4v) is 2.53. The van der Waals surface area contributed by atoms with Crippen LogP contribution in [0.15, 0.2) is 29.4 Å². The van der Waals surface area contributed by atoms with Crippen LogP contribution in [-0.2, 0) is 39.1 Å². The van der Waals surface area contributed by atoms with Gasteiger partial charge in [0.05, 0.1) is 12.3 Å². The summed E-state index contributed by atoms with van der Waals surface area (Å²) in [7, 11) is 0. The zero-order valence-corrected chi connectivity index (χ0v) is 14.2. The molecule has 1 unspecified atom stereocenters. The number of aryl methyl sites for hydroxylation is 2. The van der Waals surface area contributed by atoms with Crippen molar-refractivity contribution in [1.29, 1.82) is 0 Å². The molecule has 1 atom stereocenters. The van der Waals surface area contributed by atoms with Gasteiger partial charge < -0.3 is 4.74 Å². The number of azide groups is 1. The third-order valence-electron chi connectivity index (χ3n) is 3.50. The van der Waals surface area contributed by atoms with Crippen LogP contribution in [0.2, 0.25) is 0 Å². The fraction of sp³-hybridized carbons (Fsp3) is 0.333. The molecule has 20 heavy (non-hydrogen) atoms. The monoisotopic (exact) mass is 341 g/mol. The molecule has 0 N–H and O–H groups in total. The van der Waals surface area contributed by atoms with E-state index in [1.54, 1.807) is 0 Å². The Morgan fingerprint density at radius 3 is 3.15 bits per heavy atom. The largest absolute Gasteiger partial charge is 0.502 e. The molecule has 0 fully saturated rings. The Balaban J connectivity index is 0.00000147. The Labute approximate surface area is 143 Å². The quantitative estimate of drug-likeness (QED) is 0.353. The van der Waals surface area contributed by atoms with Gasteiger partial charge in [0.25, 0.3) is 0 Å². The predicted octanol–water partition coefficient (Wildman–Crippen LogP) is 3.95. The normalized spacial score (nSPS) is 16.6. The first kappa shape index (κ1) is 15.3. The van der Waals surface area contributed by atoms with Crippen molar-refractivity contribution >= 4 is 10.8 Å². The van der Waals surface area contributed by atoms with E-state index in [0.29, 0.717) is 6.54 Å². The van der Waals surface area contributed by atoms with Crippen molar-refractivity contribution < 1.29 is 37.4 Å². The number of benzene rings is 2. The van der Waals surface area contributed by atoms with Crippen LogP contribution in [0.5, 0.6) is 5.75 Å². The van der Waals surface area contributed by atoms with E-state index in [0.717, 1.165) is 29.5 Å². The van der Waals surface area contributed by atoms with Crippen molar-refractivity contribution in [3.63, 3.8) is 0 Å². The van der Waals surface area contributed by atoms with Crippen molar-refractivity contribution in [2.75, 3.05) is 6.54 Å². The van der Waals surface area contributed by atoms with Gasteiger partial charge in [-0.15, -0.1) is 5.39 Å². The van der Waals surface area contributed by atoms with Gasteiger partial charge in [0.2, 0.25) is 0 Å². The van der Waals surface area contributed by atoms with Crippen molar-refractivity contribution in [2.45, 2.75) is 25.9 Å². The van der Waals surface area contributed by atoms with Gasteiger partial charge in [-0.25, -0.2) is 0 Å². The van der Waals surface area contributed by atoms with Crippen LogP contribution in [0, 0.1) is 13.0 Å². The summed E-state index contributed by atoms with van der Waals surface area (Å²) in [5.41, 5.74) is 10.7. The third kappa shape index (κ3) is 2.98. The Kier molecular flexibility index (Phi) is 5.03. The molecule has 0 bridgehead atoms. The molecule has 0 amide bonds. The molecular weight excluding hydrogens is 327 g/mol. The molecule has 2 aromatic carbocycles. The minimum Gasteiger partial charge on any atom is -0.502 e. The molecule has 0 spiro atoms. The SMILES string of the molecule is Cc1[c-]cc2c3c(ccc2c1)CCC(CN=[N+]=[N-])O3.[Y]. The van der Waals surface area contributed by atoms with Gasteiger partial charge >= 0.3 is 0 Å². The molecule has 5 heteroatoms. The van der Waals surface area contributed by atoms with Crippen LogP contribution in [0.4, 0.5) is 0 Å². The second-order valence-corrected chi connectivity index (χ2v) is 4.86. The minimum atomic E-state index is -0.0182. The first-order valence-electron chi connectivity index (χ1n) is 6.39. The van der Waals surface area contributed by atoms with Crippen molar-refractivity contribution in [2.24, 2.45) is 5.11 Å². The van der Waals surface area contributed by atoms with Gasteiger partial charge in [0.15, 0.2) is 0 Å². The van der Waals surface area contributed by atoms with E-state index in [9.17, 15) is 0 Å². The maximum Gasteiger partial charge on any atom is 0.103 e. The number of rotatable bonds is 2. The summed E-state index contributed by atoms with van der Waals surface area (Å²) in [5.74, 6) is 0.929. The van der Waals surface area contributed by atoms with Gasteiger partial charge in [0, 0.05) is 37.6 Å². The summed E-state index contributed by atoms with van der Waals surface area (Å²) >= 11 is 0. The van der Waals surface area contributed by atoms with E-state index in [1.165, 1.54) is 10.9 Å². The van der Waals surface area contributed by atoms with E-state index in [2.05, 4.69) is 34.3 Å². The molecule has 3 rings (SSSR count). The van der Waals surface area contributed by atoms with Gasteiger partial charge in [-0.05, 0) is 23.9 Å². The van der Waals surface area contributed by atoms with Crippen molar-refractivity contribution in [1.82, 2.24) is 0 Å². The first-order valence-corrected chi connectivity index (χ1v) is 6.39. The van der Waals surface area contributed by atoms with Crippen molar-refractivity contribution in [3.8, 4) is 5.75 Å². The molecular formula is C15H14N3OY-. The minimum absolute atomic E-state index is 0. The molecule has 1 aliphatic heterocycles. The smallest absolute Gasteiger partial charge is 0.103 e. The van der Waals surface area contributed by atoms with Crippen LogP contribution in [0.1, 0.15) is 17.5 Å². The predicted molar refractivity (Wildman–Crippen MR) is 74.3 cm³/mol. The molecule has 0 aliphatic carbocycles. The summed E-state index contributed by atoms with van der Waals surface area (Å²) < 4.78 is 6.00. The maximum absolute atomic E-state index is 8.39. The van der Waals surface area contributed by atoms with Gasteiger partial charge in [-0.3, -0.25) is 0 Å². The Bertz CT molecular complexity index is 680. The average molecular weight is 341 g/mol. The zero-order chi connectivity index (χ0) is 13.2. The zero-order valence-electron chi connectivity index (χ0n) is 11.3. The van der Waals surface area contributed by atoms with Gasteiger partial charge in [0.1, 0.15) is 6.10 Å². The summed E-state index contributed by atoms with van der Waals surface area (Å²) in [5, 5.41) is 5.87. The number of fused-ring (bicyclic) bond motifs is 3. The molecule has 4 nitrogen and oxygen atoms in total. The summed E-state index contributed by atoms with van der Waals surface area (Å²) in [6, 6.07) is 11.6. The molecule has 0 saturated heterocycles. The second-order valence-electron chi connectivity index (χ2n) is 4.86. The Morgan fingerprint density at radius 1 is 1.50 bits per heavy atom. The first-order chi connectivity index (χ1) is 9.28. The van der Waals surface area contributed by atoms with Gasteiger partial charge in [-0.1, -0.05) is 29.6 Å². The van der Waals surface area contributed by atoms with E-state index in [1.807, 2.05) is 13.0 Å². The van der Waals surface area contributed by atoms with E-state index < -0.39 is 0 Å². The van der Waals surface area contributed by atoms with Crippen LogP contribution in [0.25, 0.3) is 21.2 Å². The van der Waals surface area contributed by atoms with Crippen molar-refractivity contribution in [3.05, 3.63) is 51.9 Å². The third-order valence-corrected chi connectivity index (χ3v) is 3.50. The van der Waals surface area contributed by atoms with E-state index in [-0.39, 0.29) is 38.8 Å². The van der Waals surface area contributed by atoms with Crippen LogP contribution >= 0.6 is 0 Å². The van der Waals surface area contributed by atoms with Crippen LogP contribution < -0.4 is 4.74 Å². The molecule has 99 valence electrons. The van der Waals surface area contributed by atoms with Crippen LogP contribution in [0.3, 0.4) is 0 Å². The summed E-state index contributed by atoms with van der Waals surface area (Å²) in [6.45, 7) is 2.42. The molecule has 1 heterocycles. The number of nitrogens with zero attached hydrogens (tertiary/aromatic N) is 3. The molecule has 2 aromatic rings. The molecule has 1 aliphatic rings. The molecule has 0 saturated carbocycles. The van der Waals surface area contributed by atoms with Crippen LogP contribution in [-0.4, -0.2) is 12.6 Å². The fourth-order valence-electron chi connectivity index (χ4n) is 2.53. The van der Waals surface area contributed by atoms with E-state index >= 15 is 0 Å². The number of hydrogen-bond acceptors (Lipinski definition) is 2. The average Bonchev–Trinajstić information content (AvgIpc) is 2.44. The molecule has 1 radical (unpaired) electrons. The summed E-state index contributed by atoms with van der Waals surface area (Å²) in [6.07, 6.45) is 1.84. The molecule has 0 aromatic heterocycles. The standard InChI is InChI=1S/C15H14N3O.Y/c1-10-2-7-14-12(8-10)4-3-11-5-6-13(9-17-18-16)19-15(11)14;/h3-4,7-8,13H,5-6,9H2,1H3;/q-1;. The second kappa shape index (κ2) is 6.58. The maximum atomic E-state index is 8.39.